The SMILES string of the molecule is Cc1ccc(C(=O)Nc2ccc(N(C)CCN(C)C)c(C(F)(F)F)c2)cc1-n1cc(-c2cccnc2)nn1. The van der Waals surface area contributed by atoms with Gasteiger partial charge in [0.25, 0.3) is 5.91 Å². The van der Waals surface area contributed by atoms with Gasteiger partial charge in [-0.3, -0.25) is 9.78 Å². The molecule has 11 heteroatoms. The highest BCUT2D eigenvalue weighted by Gasteiger charge is 2.35. The minimum Gasteiger partial charge on any atom is -0.373 e. The standard InChI is InChI=1S/C27H28F3N7O/c1-18-7-8-19(14-25(18)37-17-23(33-34-37)20-6-5-11-31-16-20)26(38)32-21-9-10-24(22(15-21)27(28,29)30)36(4)13-12-35(2)3/h5-11,14-17H,12-13H2,1-4H3,(H,32,38). The van der Waals surface area contributed by atoms with Gasteiger partial charge in [0.15, 0.2) is 0 Å². The zero-order chi connectivity index (χ0) is 27.4. The minimum absolute atomic E-state index is 0.0468. The van der Waals surface area contributed by atoms with Gasteiger partial charge in [-0.2, -0.15) is 13.2 Å². The number of aryl methyl sites for hydroxylation is 1. The first kappa shape index (κ1) is 26.8. The van der Waals surface area contributed by atoms with Gasteiger partial charge in [-0.15, -0.1) is 5.10 Å². The monoisotopic (exact) mass is 523 g/mol. The Kier molecular flexibility index (Phi) is 7.77. The summed E-state index contributed by atoms with van der Waals surface area (Å²) in [5.74, 6) is -0.541. The Morgan fingerprint density at radius 3 is 2.53 bits per heavy atom. The van der Waals surface area contributed by atoms with Gasteiger partial charge in [0.2, 0.25) is 0 Å². The van der Waals surface area contributed by atoms with Crippen molar-refractivity contribution in [1.29, 1.82) is 0 Å². The number of aromatic nitrogens is 4. The number of rotatable bonds is 8. The predicted molar refractivity (Wildman–Crippen MR) is 141 cm³/mol. The molecule has 0 spiro atoms. The van der Waals surface area contributed by atoms with E-state index >= 15 is 0 Å². The molecule has 2 aromatic carbocycles. The number of alkyl halides is 3. The van der Waals surface area contributed by atoms with Crippen molar-refractivity contribution in [3.8, 4) is 16.9 Å². The molecule has 2 heterocycles. The van der Waals surface area contributed by atoms with E-state index in [9.17, 15) is 18.0 Å². The Morgan fingerprint density at radius 2 is 1.84 bits per heavy atom. The van der Waals surface area contributed by atoms with E-state index in [0.717, 1.165) is 17.2 Å². The van der Waals surface area contributed by atoms with Crippen molar-refractivity contribution in [1.82, 2.24) is 24.9 Å². The summed E-state index contributed by atoms with van der Waals surface area (Å²) in [5, 5.41) is 11.0. The van der Waals surface area contributed by atoms with Gasteiger partial charge < -0.3 is 15.1 Å². The molecule has 38 heavy (non-hydrogen) atoms. The topological polar surface area (TPSA) is 79.2 Å². The van der Waals surface area contributed by atoms with E-state index in [-0.39, 0.29) is 16.9 Å². The van der Waals surface area contributed by atoms with E-state index in [1.165, 1.54) is 12.1 Å². The Morgan fingerprint density at radius 1 is 1.05 bits per heavy atom. The summed E-state index contributed by atoms with van der Waals surface area (Å²) in [7, 11) is 5.33. The molecule has 0 unspecified atom stereocenters. The third-order valence-corrected chi connectivity index (χ3v) is 6.02. The molecule has 4 aromatic rings. The number of benzene rings is 2. The lowest BCUT2D eigenvalue weighted by Crippen LogP contribution is -2.30. The summed E-state index contributed by atoms with van der Waals surface area (Å²) in [5.41, 5.74) is 2.42. The highest BCUT2D eigenvalue weighted by atomic mass is 19.4. The van der Waals surface area contributed by atoms with Crippen LogP contribution in [0.25, 0.3) is 16.9 Å². The second-order valence-corrected chi connectivity index (χ2v) is 9.20. The molecule has 0 atom stereocenters. The summed E-state index contributed by atoms with van der Waals surface area (Å²) in [4.78, 5) is 20.6. The van der Waals surface area contributed by atoms with E-state index in [4.69, 9.17) is 0 Å². The van der Waals surface area contributed by atoms with Crippen LogP contribution >= 0.6 is 0 Å². The van der Waals surface area contributed by atoms with Gasteiger partial charge in [-0.1, -0.05) is 11.3 Å². The van der Waals surface area contributed by atoms with Crippen LogP contribution in [0.1, 0.15) is 21.5 Å². The summed E-state index contributed by atoms with van der Waals surface area (Å²) < 4.78 is 43.2. The van der Waals surface area contributed by atoms with Crippen molar-refractivity contribution in [2.24, 2.45) is 0 Å². The van der Waals surface area contributed by atoms with Crippen LogP contribution in [-0.4, -0.2) is 65.0 Å². The number of amides is 1. The number of anilines is 2. The van der Waals surface area contributed by atoms with Crippen molar-refractivity contribution in [2.45, 2.75) is 13.1 Å². The maximum absolute atomic E-state index is 13.9. The van der Waals surface area contributed by atoms with Crippen LogP contribution < -0.4 is 10.2 Å². The van der Waals surface area contributed by atoms with Crippen molar-refractivity contribution < 1.29 is 18.0 Å². The largest absolute Gasteiger partial charge is 0.418 e. The highest BCUT2D eigenvalue weighted by Crippen LogP contribution is 2.38. The number of carbonyl (C=O) groups excluding carboxylic acids is 1. The first-order valence-electron chi connectivity index (χ1n) is 11.8. The van der Waals surface area contributed by atoms with Crippen molar-refractivity contribution in [3.05, 3.63) is 83.8 Å². The molecule has 0 saturated carbocycles. The minimum atomic E-state index is -4.58. The Bertz CT molecular complexity index is 1420. The molecule has 0 radical (unpaired) electrons. The predicted octanol–water partition coefficient (Wildman–Crippen LogP) is 4.91. The molecular formula is C27H28F3N7O. The van der Waals surface area contributed by atoms with E-state index in [1.807, 2.05) is 32.0 Å². The fraction of sp³-hybridized carbons (Fsp3) is 0.259. The normalized spacial score (nSPS) is 11.6. The smallest absolute Gasteiger partial charge is 0.373 e. The first-order valence-corrected chi connectivity index (χ1v) is 11.8. The number of nitrogens with one attached hydrogen (secondary N) is 1. The second kappa shape index (κ2) is 11.0. The number of carbonyl (C=O) groups is 1. The summed E-state index contributed by atoms with van der Waals surface area (Å²) >= 11 is 0. The molecular weight excluding hydrogens is 495 g/mol. The van der Waals surface area contributed by atoms with Crippen molar-refractivity contribution >= 4 is 17.3 Å². The summed E-state index contributed by atoms with van der Waals surface area (Å²) in [6.07, 6.45) is 0.473. The highest BCUT2D eigenvalue weighted by molar-refractivity contribution is 6.04. The average molecular weight is 524 g/mol. The number of likely N-dealkylation sites (N-methyl/N-ethyl adjacent to an activating group) is 2. The average Bonchev–Trinajstić information content (AvgIpc) is 3.37. The lowest BCUT2D eigenvalue weighted by molar-refractivity contribution is -0.137. The third-order valence-electron chi connectivity index (χ3n) is 6.02. The molecule has 0 fully saturated rings. The number of pyridine rings is 1. The molecule has 0 aliphatic heterocycles. The Balaban J connectivity index is 1.58. The van der Waals surface area contributed by atoms with E-state index in [0.29, 0.717) is 24.5 Å². The molecule has 1 N–H and O–H groups in total. The number of hydrogen-bond donors (Lipinski definition) is 1. The van der Waals surface area contributed by atoms with Crippen LogP contribution in [0.3, 0.4) is 0 Å². The van der Waals surface area contributed by atoms with Crippen LogP contribution in [0.2, 0.25) is 0 Å². The molecule has 0 bridgehead atoms. The quantitative estimate of drug-likeness (QED) is 0.354. The van der Waals surface area contributed by atoms with Crippen LogP contribution in [0.5, 0.6) is 0 Å². The van der Waals surface area contributed by atoms with Crippen molar-refractivity contribution in [2.75, 3.05) is 44.4 Å². The second-order valence-electron chi connectivity index (χ2n) is 9.20. The van der Waals surface area contributed by atoms with Gasteiger partial charge in [0.05, 0.1) is 17.4 Å². The van der Waals surface area contributed by atoms with E-state index in [2.05, 4.69) is 20.6 Å². The van der Waals surface area contributed by atoms with Gasteiger partial charge in [0, 0.05) is 55.0 Å². The maximum atomic E-state index is 13.9. The molecule has 0 saturated heterocycles. The molecule has 0 aliphatic rings. The fourth-order valence-electron chi connectivity index (χ4n) is 3.87. The molecule has 1 amide bonds. The molecule has 0 aliphatic carbocycles. The molecule has 4 rings (SSSR count). The summed E-state index contributed by atoms with van der Waals surface area (Å²) in [6.45, 7) is 2.87. The zero-order valence-electron chi connectivity index (χ0n) is 21.5. The molecule has 198 valence electrons. The number of nitrogens with zero attached hydrogens (tertiary/aromatic N) is 6. The molecule has 2 aromatic heterocycles. The van der Waals surface area contributed by atoms with Gasteiger partial charge in [-0.05, 0) is 69.0 Å². The lowest BCUT2D eigenvalue weighted by Gasteiger charge is -2.25. The van der Waals surface area contributed by atoms with E-state index < -0.39 is 17.6 Å². The summed E-state index contributed by atoms with van der Waals surface area (Å²) in [6, 6.07) is 12.5. The third kappa shape index (κ3) is 6.17. The fourth-order valence-corrected chi connectivity index (χ4v) is 3.87. The van der Waals surface area contributed by atoms with E-state index in [1.54, 1.807) is 59.5 Å². The Hall–Kier alpha value is -4.25. The zero-order valence-corrected chi connectivity index (χ0v) is 21.5. The van der Waals surface area contributed by atoms with Crippen LogP contribution in [0.15, 0.2) is 67.1 Å². The van der Waals surface area contributed by atoms with Gasteiger partial charge in [0.1, 0.15) is 5.69 Å². The lowest BCUT2D eigenvalue weighted by atomic mass is 10.1. The Labute approximate surface area is 218 Å². The number of halogens is 3. The van der Waals surface area contributed by atoms with Crippen LogP contribution in [0.4, 0.5) is 24.5 Å². The number of hydrogen-bond acceptors (Lipinski definition) is 6. The van der Waals surface area contributed by atoms with Crippen molar-refractivity contribution in [3.63, 3.8) is 0 Å². The first-order chi connectivity index (χ1) is 18.0. The molecule has 8 nitrogen and oxygen atoms in total. The van der Waals surface area contributed by atoms with Crippen LogP contribution in [-0.2, 0) is 6.18 Å². The maximum Gasteiger partial charge on any atom is 0.418 e. The van der Waals surface area contributed by atoms with Gasteiger partial charge in [-0.25, -0.2) is 4.68 Å². The van der Waals surface area contributed by atoms with Crippen LogP contribution in [0, 0.1) is 6.92 Å². The van der Waals surface area contributed by atoms with Gasteiger partial charge >= 0.3 is 6.18 Å².